The first-order valence-electron chi connectivity index (χ1n) is 9.33. The maximum Gasteiger partial charge on any atom is 0.0491 e. The van der Waals surface area contributed by atoms with E-state index in [2.05, 4.69) is 88.6 Å². The Morgan fingerprint density at radius 1 is 0.917 bits per heavy atom. The van der Waals surface area contributed by atoms with Crippen LogP contribution in [0, 0.1) is 11.3 Å². The van der Waals surface area contributed by atoms with Gasteiger partial charge in [0.1, 0.15) is 0 Å². The van der Waals surface area contributed by atoms with Crippen LogP contribution in [0.5, 0.6) is 0 Å². The molecule has 0 saturated heterocycles. The van der Waals surface area contributed by atoms with Gasteiger partial charge in [-0.2, -0.15) is 0 Å². The average molecular weight is 322 g/mol. The number of fused-ring (bicyclic) bond motifs is 3. The van der Waals surface area contributed by atoms with Crippen LogP contribution < -0.4 is 0 Å². The van der Waals surface area contributed by atoms with Crippen LogP contribution in [0.1, 0.15) is 59.4 Å². The van der Waals surface area contributed by atoms with E-state index in [1.54, 1.807) is 0 Å². The molecule has 3 rings (SSSR count). The zero-order chi connectivity index (χ0) is 17.5. The van der Waals surface area contributed by atoms with E-state index < -0.39 is 0 Å². The molecule has 0 amide bonds. The zero-order valence-corrected chi connectivity index (χ0v) is 16.1. The van der Waals surface area contributed by atoms with Gasteiger partial charge in [0.05, 0.1) is 0 Å². The third kappa shape index (κ3) is 2.97. The Balaban J connectivity index is 2.22. The summed E-state index contributed by atoms with van der Waals surface area (Å²) < 4.78 is 2.43. The molecule has 1 nitrogen and oxygen atoms in total. The molecule has 0 bridgehead atoms. The molecule has 1 aromatic heterocycles. The topological polar surface area (TPSA) is 4.93 Å². The van der Waals surface area contributed by atoms with Crippen LogP contribution in [0.2, 0.25) is 0 Å². The van der Waals surface area contributed by atoms with Crippen LogP contribution in [-0.2, 0) is 6.54 Å². The molecule has 0 aliphatic rings. The van der Waals surface area contributed by atoms with Crippen molar-refractivity contribution in [1.82, 2.24) is 4.57 Å². The normalized spacial score (nSPS) is 14.0. The summed E-state index contributed by atoms with van der Waals surface area (Å²) in [5, 5.41) is 2.79. The van der Waals surface area contributed by atoms with Crippen molar-refractivity contribution in [3.8, 4) is 0 Å². The van der Waals surface area contributed by atoms with Crippen molar-refractivity contribution in [2.24, 2.45) is 11.3 Å². The van der Waals surface area contributed by atoms with Crippen LogP contribution in [0.4, 0.5) is 0 Å². The fourth-order valence-corrected chi connectivity index (χ4v) is 4.09. The molecule has 1 atom stereocenters. The monoisotopic (exact) mass is 321 g/mol. The largest absolute Gasteiger partial charge is 0.341 e. The molecule has 0 radical (unpaired) electrons. The summed E-state index contributed by atoms with van der Waals surface area (Å²) in [6.07, 6.45) is 1.24. The van der Waals surface area contributed by atoms with Gasteiger partial charge in [0, 0.05) is 28.4 Å². The Labute approximate surface area is 146 Å². The first-order chi connectivity index (χ1) is 11.3. The highest BCUT2D eigenvalue weighted by Crippen LogP contribution is 2.41. The number of nitrogens with zero attached hydrogens (tertiary/aromatic N) is 1. The van der Waals surface area contributed by atoms with E-state index in [1.807, 2.05) is 0 Å². The van der Waals surface area contributed by atoms with Crippen LogP contribution in [0.15, 0.2) is 42.5 Å². The third-order valence-electron chi connectivity index (χ3n) is 5.27. The molecule has 0 spiro atoms. The summed E-state index contributed by atoms with van der Waals surface area (Å²) >= 11 is 0. The quantitative estimate of drug-likeness (QED) is 0.488. The summed E-state index contributed by atoms with van der Waals surface area (Å²) in [7, 11) is 0. The Bertz CT molecular complexity index is 845. The van der Waals surface area contributed by atoms with Gasteiger partial charge in [0.25, 0.3) is 0 Å². The van der Waals surface area contributed by atoms with Crippen molar-refractivity contribution >= 4 is 21.8 Å². The summed E-state index contributed by atoms with van der Waals surface area (Å²) in [6, 6.07) is 16.0. The molecule has 24 heavy (non-hydrogen) atoms. The van der Waals surface area contributed by atoms with Crippen molar-refractivity contribution in [3.63, 3.8) is 0 Å². The van der Waals surface area contributed by atoms with Crippen molar-refractivity contribution in [2.45, 2.75) is 60.4 Å². The van der Waals surface area contributed by atoms with Gasteiger partial charge in [-0.05, 0) is 54.4 Å². The van der Waals surface area contributed by atoms with Gasteiger partial charge >= 0.3 is 0 Å². The van der Waals surface area contributed by atoms with Crippen molar-refractivity contribution in [3.05, 3.63) is 48.0 Å². The number of rotatable bonds is 4. The lowest BCUT2D eigenvalue weighted by atomic mass is 9.72. The van der Waals surface area contributed by atoms with E-state index in [0.29, 0.717) is 11.8 Å². The van der Waals surface area contributed by atoms with Gasteiger partial charge in [-0.1, -0.05) is 58.9 Å². The summed E-state index contributed by atoms with van der Waals surface area (Å²) in [5.41, 5.74) is 4.48. The van der Waals surface area contributed by atoms with Crippen LogP contribution >= 0.6 is 0 Å². The highest BCUT2D eigenvalue weighted by molar-refractivity contribution is 6.08. The molecule has 0 N–H and O–H groups in total. The molecule has 0 saturated carbocycles. The minimum Gasteiger partial charge on any atom is -0.341 e. The molecule has 1 heterocycles. The van der Waals surface area contributed by atoms with E-state index >= 15 is 0 Å². The van der Waals surface area contributed by atoms with Crippen molar-refractivity contribution in [2.75, 3.05) is 0 Å². The predicted octanol–water partition coefficient (Wildman–Crippen LogP) is 6.99. The number of para-hydroxylation sites is 1. The SMILES string of the molecule is CCn1c2ccccc2c2cc(C(CC(C)C)C(C)(C)C)ccc21. The van der Waals surface area contributed by atoms with E-state index in [4.69, 9.17) is 0 Å². The smallest absolute Gasteiger partial charge is 0.0491 e. The molecular formula is C23H31N. The molecule has 2 aromatic carbocycles. The predicted molar refractivity (Wildman–Crippen MR) is 107 cm³/mol. The second-order valence-corrected chi connectivity index (χ2v) is 8.59. The molecule has 0 fully saturated rings. The minimum atomic E-state index is 0.279. The second-order valence-electron chi connectivity index (χ2n) is 8.59. The summed E-state index contributed by atoms with van der Waals surface area (Å²) in [5.74, 6) is 1.30. The molecule has 128 valence electrons. The number of hydrogen-bond donors (Lipinski definition) is 0. The van der Waals surface area contributed by atoms with Crippen LogP contribution in [0.25, 0.3) is 21.8 Å². The standard InChI is InChI=1S/C23H31N/c1-7-24-21-11-9-8-10-18(21)19-15-17(12-13-22(19)24)20(14-16(2)3)23(4,5)6/h8-13,15-16,20H,7,14H2,1-6H3. The number of benzene rings is 2. The fourth-order valence-electron chi connectivity index (χ4n) is 4.09. The third-order valence-corrected chi connectivity index (χ3v) is 5.27. The zero-order valence-electron chi connectivity index (χ0n) is 16.1. The van der Waals surface area contributed by atoms with Gasteiger partial charge in [-0.3, -0.25) is 0 Å². The van der Waals surface area contributed by atoms with Gasteiger partial charge < -0.3 is 4.57 Å². The first kappa shape index (κ1) is 17.1. The van der Waals surface area contributed by atoms with E-state index in [-0.39, 0.29) is 5.41 Å². The highest BCUT2D eigenvalue weighted by atomic mass is 15.0. The first-order valence-corrected chi connectivity index (χ1v) is 9.33. The molecule has 1 unspecified atom stereocenters. The van der Waals surface area contributed by atoms with Crippen molar-refractivity contribution in [1.29, 1.82) is 0 Å². The average Bonchev–Trinajstić information content (AvgIpc) is 2.84. The van der Waals surface area contributed by atoms with Gasteiger partial charge in [-0.15, -0.1) is 0 Å². The van der Waals surface area contributed by atoms with E-state index in [0.717, 1.165) is 6.54 Å². The Kier molecular flexibility index (Phi) is 4.46. The molecule has 0 aliphatic heterocycles. The number of aryl methyl sites for hydroxylation is 1. The Morgan fingerprint density at radius 2 is 1.58 bits per heavy atom. The lowest BCUT2D eigenvalue weighted by Crippen LogP contribution is -2.20. The van der Waals surface area contributed by atoms with E-state index in [1.165, 1.54) is 33.8 Å². The van der Waals surface area contributed by atoms with Gasteiger partial charge in [0.2, 0.25) is 0 Å². The molecule has 3 aromatic rings. The van der Waals surface area contributed by atoms with Crippen molar-refractivity contribution < 1.29 is 0 Å². The molecular weight excluding hydrogens is 290 g/mol. The lowest BCUT2D eigenvalue weighted by Gasteiger charge is -2.32. The lowest BCUT2D eigenvalue weighted by molar-refractivity contribution is 0.280. The minimum absolute atomic E-state index is 0.279. The Morgan fingerprint density at radius 3 is 2.21 bits per heavy atom. The maximum atomic E-state index is 2.46. The van der Waals surface area contributed by atoms with Crippen LogP contribution in [-0.4, -0.2) is 4.57 Å². The molecule has 1 heteroatoms. The Hall–Kier alpha value is -1.76. The summed E-state index contributed by atoms with van der Waals surface area (Å²) in [4.78, 5) is 0. The highest BCUT2D eigenvalue weighted by Gasteiger charge is 2.27. The number of hydrogen-bond acceptors (Lipinski definition) is 0. The second kappa shape index (κ2) is 6.27. The number of aromatic nitrogens is 1. The van der Waals surface area contributed by atoms with Crippen LogP contribution in [0.3, 0.4) is 0 Å². The van der Waals surface area contributed by atoms with Gasteiger partial charge in [0.15, 0.2) is 0 Å². The van der Waals surface area contributed by atoms with Gasteiger partial charge in [-0.25, -0.2) is 0 Å². The maximum absolute atomic E-state index is 2.46. The summed E-state index contributed by atoms with van der Waals surface area (Å²) in [6.45, 7) is 15.0. The molecule has 0 aliphatic carbocycles. The fraction of sp³-hybridized carbons (Fsp3) is 0.478. The van der Waals surface area contributed by atoms with E-state index in [9.17, 15) is 0 Å².